The Kier molecular flexibility index (Phi) is 5.56. The van der Waals surface area contributed by atoms with Crippen LogP contribution < -0.4 is 0 Å². The van der Waals surface area contributed by atoms with Gasteiger partial charge in [-0.25, -0.2) is 0 Å². The van der Waals surface area contributed by atoms with E-state index in [1.54, 1.807) is 0 Å². The third-order valence-corrected chi connectivity index (χ3v) is 1.94. The first-order chi connectivity index (χ1) is 5.18. The summed E-state index contributed by atoms with van der Waals surface area (Å²) in [6.45, 7) is 6.45. The van der Waals surface area contributed by atoms with Crippen molar-refractivity contribution in [2.24, 2.45) is 0 Å². The Morgan fingerprint density at radius 2 is 1.82 bits per heavy atom. The summed E-state index contributed by atoms with van der Waals surface area (Å²) < 4.78 is 0. The van der Waals surface area contributed by atoms with Crippen LogP contribution in [0.1, 0.15) is 46.5 Å². The molecule has 0 saturated heterocycles. The number of hydrogen-bond donors (Lipinski definition) is 0. The van der Waals surface area contributed by atoms with Crippen molar-refractivity contribution in [2.75, 3.05) is 0 Å². The molecule has 0 heterocycles. The van der Waals surface area contributed by atoms with Crippen LogP contribution in [0.25, 0.3) is 0 Å². The van der Waals surface area contributed by atoms with Gasteiger partial charge in [-0.15, -0.1) is 0 Å². The zero-order chi connectivity index (χ0) is 8.69. The predicted molar refractivity (Wildman–Crippen MR) is 48.1 cm³/mol. The van der Waals surface area contributed by atoms with E-state index in [9.17, 15) is 0 Å². The maximum Gasteiger partial charge on any atom is 0.0621 e. The van der Waals surface area contributed by atoms with Crippen LogP contribution in [-0.4, -0.2) is 0 Å². The summed E-state index contributed by atoms with van der Waals surface area (Å²) in [4.78, 5) is 0. The van der Waals surface area contributed by atoms with Gasteiger partial charge in [-0.1, -0.05) is 11.1 Å². The number of unbranched alkanes of at least 4 members (excludes halogenated alkanes) is 2. The number of nitriles is 1. The van der Waals surface area contributed by atoms with Crippen LogP contribution in [0.2, 0.25) is 0 Å². The van der Waals surface area contributed by atoms with Crippen LogP contribution in [-0.2, 0) is 0 Å². The van der Waals surface area contributed by atoms with Crippen molar-refractivity contribution >= 4 is 0 Å². The second-order valence-electron chi connectivity index (χ2n) is 3.15. The van der Waals surface area contributed by atoms with Crippen molar-refractivity contribution < 1.29 is 0 Å². The Morgan fingerprint density at radius 1 is 1.18 bits per heavy atom. The quantitative estimate of drug-likeness (QED) is 0.446. The first-order valence-corrected chi connectivity index (χ1v) is 4.18. The Labute approximate surface area is 69.7 Å². The highest BCUT2D eigenvalue weighted by atomic mass is 14.2. The van der Waals surface area contributed by atoms with Crippen molar-refractivity contribution in [3.8, 4) is 6.07 Å². The average molecular weight is 151 g/mol. The molecule has 0 radical (unpaired) electrons. The summed E-state index contributed by atoms with van der Waals surface area (Å²) in [6, 6.07) is 2.15. The maximum absolute atomic E-state index is 8.28. The normalized spacial score (nSPS) is 8.91. The Balaban J connectivity index is 3.42. The fourth-order valence-corrected chi connectivity index (χ4v) is 0.844. The molecule has 0 aromatic rings. The van der Waals surface area contributed by atoms with E-state index in [0.29, 0.717) is 6.42 Å². The van der Waals surface area contributed by atoms with Gasteiger partial charge in [-0.2, -0.15) is 5.26 Å². The molecule has 0 aromatic heterocycles. The van der Waals surface area contributed by atoms with E-state index in [1.807, 2.05) is 0 Å². The highest BCUT2D eigenvalue weighted by Gasteiger charge is 1.92. The number of hydrogen-bond acceptors (Lipinski definition) is 1. The minimum absolute atomic E-state index is 0.704. The van der Waals surface area contributed by atoms with Gasteiger partial charge in [0.25, 0.3) is 0 Å². The van der Waals surface area contributed by atoms with Crippen LogP contribution in [0.15, 0.2) is 11.1 Å². The van der Waals surface area contributed by atoms with Crippen LogP contribution in [0.5, 0.6) is 0 Å². The summed E-state index contributed by atoms with van der Waals surface area (Å²) >= 11 is 0. The molecule has 0 bridgehead atoms. The van der Waals surface area contributed by atoms with Crippen molar-refractivity contribution in [2.45, 2.75) is 46.5 Å². The molecule has 0 aliphatic heterocycles. The molecule has 62 valence electrons. The SMILES string of the molecule is CC(C)=C(C)CCCCC#N. The van der Waals surface area contributed by atoms with Gasteiger partial charge in [0.2, 0.25) is 0 Å². The van der Waals surface area contributed by atoms with Crippen molar-refractivity contribution in [1.29, 1.82) is 5.26 Å². The molecule has 1 heteroatoms. The summed E-state index contributed by atoms with van der Waals surface area (Å²) in [5.74, 6) is 0. The van der Waals surface area contributed by atoms with Crippen molar-refractivity contribution in [3.63, 3.8) is 0 Å². The van der Waals surface area contributed by atoms with E-state index < -0.39 is 0 Å². The molecule has 0 fully saturated rings. The second kappa shape index (κ2) is 5.97. The van der Waals surface area contributed by atoms with Crippen LogP contribution in [0.4, 0.5) is 0 Å². The van der Waals surface area contributed by atoms with E-state index in [1.165, 1.54) is 11.1 Å². The minimum atomic E-state index is 0.704. The molecule has 0 aliphatic carbocycles. The zero-order valence-electron chi connectivity index (χ0n) is 7.78. The third kappa shape index (κ3) is 5.66. The van der Waals surface area contributed by atoms with Gasteiger partial charge in [0.05, 0.1) is 6.07 Å². The van der Waals surface area contributed by atoms with Crippen LogP contribution in [0, 0.1) is 11.3 Å². The largest absolute Gasteiger partial charge is 0.198 e. The molecular formula is C10H17N. The summed E-state index contributed by atoms with van der Waals surface area (Å²) in [7, 11) is 0. The Morgan fingerprint density at radius 3 is 2.27 bits per heavy atom. The van der Waals surface area contributed by atoms with Crippen molar-refractivity contribution in [3.05, 3.63) is 11.1 Å². The van der Waals surface area contributed by atoms with Gasteiger partial charge in [-0.3, -0.25) is 0 Å². The summed E-state index contributed by atoms with van der Waals surface area (Å²) in [5.41, 5.74) is 2.89. The van der Waals surface area contributed by atoms with E-state index in [0.717, 1.165) is 19.3 Å². The lowest BCUT2D eigenvalue weighted by Crippen LogP contribution is -1.81. The molecule has 0 spiro atoms. The van der Waals surface area contributed by atoms with E-state index >= 15 is 0 Å². The number of nitrogens with zero attached hydrogens (tertiary/aromatic N) is 1. The maximum atomic E-state index is 8.28. The van der Waals surface area contributed by atoms with Crippen LogP contribution in [0.3, 0.4) is 0 Å². The number of rotatable bonds is 4. The molecule has 0 aliphatic rings. The highest BCUT2D eigenvalue weighted by molar-refractivity contribution is 5.06. The van der Waals surface area contributed by atoms with Gasteiger partial charge in [0.1, 0.15) is 0 Å². The molecule has 1 nitrogen and oxygen atoms in total. The molecule has 0 rings (SSSR count). The standard InChI is InChI=1S/C10H17N/c1-9(2)10(3)7-5-4-6-8-11/h4-7H2,1-3H3. The van der Waals surface area contributed by atoms with E-state index in [4.69, 9.17) is 5.26 Å². The van der Waals surface area contributed by atoms with Gasteiger partial charge in [0, 0.05) is 6.42 Å². The average Bonchev–Trinajstić information content (AvgIpc) is 1.97. The molecule has 11 heavy (non-hydrogen) atoms. The fourth-order valence-electron chi connectivity index (χ4n) is 0.844. The summed E-state index contributed by atoms with van der Waals surface area (Å²) in [6.07, 6.45) is 4.06. The molecule has 0 unspecified atom stereocenters. The zero-order valence-corrected chi connectivity index (χ0v) is 7.78. The first kappa shape index (κ1) is 10.2. The van der Waals surface area contributed by atoms with E-state index in [2.05, 4.69) is 26.8 Å². The third-order valence-electron chi connectivity index (χ3n) is 1.94. The predicted octanol–water partition coefficient (Wildman–Crippen LogP) is 3.43. The molecule has 0 N–H and O–H groups in total. The molecule has 0 saturated carbocycles. The lowest BCUT2D eigenvalue weighted by atomic mass is 10.1. The van der Waals surface area contributed by atoms with Gasteiger partial charge in [-0.05, 0) is 40.0 Å². The fraction of sp³-hybridized carbons (Fsp3) is 0.700. The lowest BCUT2D eigenvalue weighted by molar-refractivity contribution is 0.742. The Bertz CT molecular complexity index is 168. The van der Waals surface area contributed by atoms with Crippen LogP contribution >= 0.6 is 0 Å². The smallest absolute Gasteiger partial charge is 0.0621 e. The monoisotopic (exact) mass is 151 g/mol. The minimum Gasteiger partial charge on any atom is -0.198 e. The highest BCUT2D eigenvalue weighted by Crippen LogP contribution is 2.11. The molecular weight excluding hydrogens is 134 g/mol. The second-order valence-corrected chi connectivity index (χ2v) is 3.15. The first-order valence-electron chi connectivity index (χ1n) is 4.18. The van der Waals surface area contributed by atoms with Gasteiger partial charge in [0.15, 0.2) is 0 Å². The molecule has 0 aromatic carbocycles. The lowest BCUT2D eigenvalue weighted by Gasteiger charge is -2.01. The molecule has 0 atom stereocenters. The Hall–Kier alpha value is -0.770. The van der Waals surface area contributed by atoms with E-state index in [-0.39, 0.29) is 0 Å². The summed E-state index contributed by atoms with van der Waals surface area (Å²) in [5, 5.41) is 8.28. The van der Waals surface area contributed by atoms with Gasteiger partial charge < -0.3 is 0 Å². The topological polar surface area (TPSA) is 23.8 Å². The molecule has 0 amide bonds. The van der Waals surface area contributed by atoms with Crippen molar-refractivity contribution in [1.82, 2.24) is 0 Å². The van der Waals surface area contributed by atoms with Gasteiger partial charge >= 0.3 is 0 Å². The number of allylic oxidation sites excluding steroid dienone is 2.